The Morgan fingerprint density at radius 3 is 2.88 bits per heavy atom. The van der Waals surface area contributed by atoms with Crippen molar-refractivity contribution in [1.82, 2.24) is 15.6 Å². The van der Waals surface area contributed by atoms with Crippen molar-refractivity contribution in [2.24, 2.45) is 5.92 Å². The number of amides is 2. The van der Waals surface area contributed by atoms with E-state index >= 15 is 0 Å². The predicted molar refractivity (Wildman–Crippen MR) is 97.0 cm³/mol. The van der Waals surface area contributed by atoms with E-state index in [2.05, 4.69) is 22.5 Å². The van der Waals surface area contributed by atoms with Gasteiger partial charge in [-0.05, 0) is 36.5 Å². The summed E-state index contributed by atoms with van der Waals surface area (Å²) >= 11 is 0. The number of ether oxygens (including phenoxy) is 1. The molecule has 0 aromatic carbocycles. The number of carbonyl (C=O) groups excluding carboxylic acids is 2. The van der Waals surface area contributed by atoms with Crippen LogP contribution >= 0.6 is 0 Å². The first-order valence-corrected chi connectivity index (χ1v) is 8.85. The first-order valence-electron chi connectivity index (χ1n) is 8.85. The molecule has 2 atom stereocenters. The van der Waals surface area contributed by atoms with Gasteiger partial charge in [-0.3, -0.25) is 14.6 Å². The summed E-state index contributed by atoms with van der Waals surface area (Å²) in [4.78, 5) is 27.4. The Balaban J connectivity index is 1.72. The molecule has 6 heteroatoms. The number of nitrogens with one attached hydrogen (secondary N) is 2. The van der Waals surface area contributed by atoms with Gasteiger partial charge in [-0.2, -0.15) is 0 Å². The van der Waals surface area contributed by atoms with E-state index in [0.29, 0.717) is 36.3 Å². The monoisotopic (exact) mass is 345 g/mol. The lowest BCUT2D eigenvalue weighted by Gasteiger charge is -2.28. The van der Waals surface area contributed by atoms with Crippen molar-refractivity contribution in [2.45, 2.75) is 38.7 Å². The summed E-state index contributed by atoms with van der Waals surface area (Å²) in [6.45, 7) is 3.25. The Labute approximate surface area is 149 Å². The predicted octanol–water partition coefficient (Wildman–Crippen LogP) is 2.17. The third-order valence-electron chi connectivity index (χ3n) is 4.44. The zero-order valence-electron chi connectivity index (χ0n) is 15.0. The van der Waals surface area contributed by atoms with Gasteiger partial charge in [0.2, 0.25) is 5.91 Å². The second-order valence-electron chi connectivity index (χ2n) is 6.38. The molecule has 2 N–H and O–H groups in total. The van der Waals surface area contributed by atoms with Gasteiger partial charge in [-0.15, -0.1) is 0 Å². The Kier molecular flexibility index (Phi) is 7.60. The molecule has 0 unspecified atom stereocenters. The van der Waals surface area contributed by atoms with Crippen LogP contribution in [0, 0.1) is 5.92 Å². The summed E-state index contributed by atoms with van der Waals surface area (Å²) < 4.78 is 5.87. The fraction of sp³-hybridized carbons (Fsp3) is 0.526. The summed E-state index contributed by atoms with van der Waals surface area (Å²) in [7, 11) is 1.56. The van der Waals surface area contributed by atoms with Gasteiger partial charge < -0.3 is 15.4 Å². The molecule has 1 fully saturated rings. The van der Waals surface area contributed by atoms with Gasteiger partial charge in [0.05, 0.1) is 18.3 Å². The quantitative estimate of drug-likeness (QED) is 0.586. The number of carbonyl (C=O) groups is 2. The van der Waals surface area contributed by atoms with E-state index < -0.39 is 0 Å². The largest absolute Gasteiger partial charge is 0.376 e. The van der Waals surface area contributed by atoms with Crippen LogP contribution in [0.3, 0.4) is 0 Å². The number of nitrogens with zero attached hydrogens (tertiary/aromatic N) is 1. The van der Waals surface area contributed by atoms with E-state index in [1.165, 1.54) is 31.5 Å². The summed E-state index contributed by atoms with van der Waals surface area (Å²) in [5.74, 6) is 0.205. The Morgan fingerprint density at radius 1 is 1.32 bits per heavy atom. The fourth-order valence-electron chi connectivity index (χ4n) is 2.96. The van der Waals surface area contributed by atoms with Gasteiger partial charge in [0.1, 0.15) is 0 Å². The van der Waals surface area contributed by atoms with Gasteiger partial charge >= 0.3 is 0 Å². The highest BCUT2D eigenvalue weighted by atomic mass is 16.5. The molecule has 136 valence electrons. The molecule has 0 radical (unpaired) electrons. The van der Waals surface area contributed by atoms with E-state index in [1.54, 1.807) is 25.4 Å². The van der Waals surface area contributed by atoms with Crippen molar-refractivity contribution in [3.05, 3.63) is 35.7 Å². The van der Waals surface area contributed by atoms with Crippen molar-refractivity contribution >= 4 is 17.9 Å². The first kappa shape index (κ1) is 19.1. The summed E-state index contributed by atoms with van der Waals surface area (Å²) in [6.07, 6.45) is 11.3. The highest BCUT2D eigenvalue weighted by molar-refractivity contribution is 5.95. The Morgan fingerprint density at radius 2 is 2.12 bits per heavy atom. The van der Waals surface area contributed by atoms with Crippen LogP contribution in [0.1, 0.15) is 48.5 Å². The van der Waals surface area contributed by atoms with Crippen LogP contribution < -0.4 is 10.6 Å². The second kappa shape index (κ2) is 9.93. The van der Waals surface area contributed by atoms with Crippen LogP contribution in [0.5, 0.6) is 0 Å². The maximum Gasteiger partial charge on any atom is 0.252 e. The number of rotatable bonds is 7. The van der Waals surface area contributed by atoms with E-state index in [-0.39, 0.29) is 11.8 Å². The molecule has 1 aliphatic carbocycles. The van der Waals surface area contributed by atoms with E-state index in [1.807, 2.05) is 0 Å². The molecule has 0 bridgehead atoms. The van der Waals surface area contributed by atoms with Crippen LogP contribution in [0.15, 0.2) is 24.5 Å². The zero-order valence-corrected chi connectivity index (χ0v) is 15.0. The summed E-state index contributed by atoms with van der Waals surface area (Å²) in [5, 5.41) is 5.35. The van der Waals surface area contributed by atoms with Gasteiger partial charge in [0.15, 0.2) is 0 Å². The molecular weight excluding hydrogens is 318 g/mol. The molecule has 6 nitrogen and oxygen atoms in total. The third-order valence-corrected chi connectivity index (χ3v) is 4.44. The molecule has 0 saturated heterocycles. The lowest BCUT2D eigenvalue weighted by molar-refractivity contribution is -0.116. The van der Waals surface area contributed by atoms with E-state index in [4.69, 9.17) is 4.74 Å². The third kappa shape index (κ3) is 6.31. The molecule has 1 aromatic rings. The van der Waals surface area contributed by atoms with Crippen LogP contribution in [0.4, 0.5) is 0 Å². The first-order chi connectivity index (χ1) is 12.1. The number of aromatic nitrogens is 1. The minimum Gasteiger partial charge on any atom is -0.376 e. The fourth-order valence-corrected chi connectivity index (χ4v) is 2.96. The number of pyridine rings is 1. The summed E-state index contributed by atoms with van der Waals surface area (Å²) in [6, 6.07) is 1.68. The smallest absolute Gasteiger partial charge is 0.252 e. The van der Waals surface area contributed by atoms with Crippen molar-refractivity contribution in [1.29, 1.82) is 0 Å². The molecule has 0 aliphatic heterocycles. The molecule has 0 spiro atoms. The topological polar surface area (TPSA) is 80.3 Å². The van der Waals surface area contributed by atoms with Gasteiger partial charge in [0, 0.05) is 32.1 Å². The maximum atomic E-state index is 11.9. The Bertz CT molecular complexity index is 616. The van der Waals surface area contributed by atoms with Gasteiger partial charge in [-0.1, -0.05) is 19.8 Å². The maximum absolute atomic E-state index is 11.9. The zero-order chi connectivity index (χ0) is 18.1. The van der Waals surface area contributed by atoms with Crippen molar-refractivity contribution < 1.29 is 14.3 Å². The molecule has 2 amide bonds. The van der Waals surface area contributed by atoms with Crippen molar-refractivity contribution in [3.63, 3.8) is 0 Å². The van der Waals surface area contributed by atoms with Gasteiger partial charge in [0.25, 0.3) is 5.91 Å². The lowest BCUT2D eigenvalue weighted by atomic mass is 9.88. The van der Waals surface area contributed by atoms with Crippen molar-refractivity contribution in [3.8, 4) is 0 Å². The van der Waals surface area contributed by atoms with Crippen LogP contribution in [0.2, 0.25) is 0 Å². The lowest BCUT2D eigenvalue weighted by Crippen LogP contribution is -2.31. The average molecular weight is 345 g/mol. The van der Waals surface area contributed by atoms with Crippen LogP contribution in [-0.2, 0) is 9.53 Å². The Hall–Kier alpha value is -2.21. The minimum absolute atomic E-state index is 0.189. The molecule has 1 aromatic heterocycles. The van der Waals surface area contributed by atoms with Gasteiger partial charge in [-0.25, -0.2) is 0 Å². The minimum atomic E-state index is -0.207. The highest BCUT2D eigenvalue weighted by Gasteiger charge is 2.21. The SMILES string of the molecule is CNC(=O)c1cncc(/C=C/C(=O)NCCO[C@@H]2CCCC[C@H]2C)c1. The highest BCUT2D eigenvalue weighted by Crippen LogP contribution is 2.25. The second-order valence-corrected chi connectivity index (χ2v) is 6.38. The molecular formula is C19H27N3O3. The molecule has 1 heterocycles. The van der Waals surface area contributed by atoms with Crippen LogP contribution in [-0.4, -0.2) is 43.1 Å². The molecule has 2 rings (SSSR count). The normalized spacial score (nSPS) is 20.4. The molecule has 1 saturated carbocycles. The van der Waals surface area contributed by atoms with E-state index in [0.717, 1.165) is 6.42 Å². The van der Waals surface area contributed by atoms with Crippen molar-refractivity contribution in [2.75, 3.05) is 20.2 Å². The standard InChI is InChI=1S/C19H27N3O3/c1-14-5-3-4-6-17(14)25-10-9-22-18(23)8-7-15-11-16(13-21-12-15)19(24)20-2/h7-8,11-14,17H,3-6,9-10H2,1-2H3,(H,20,24)(H,22,23)/b8-7+/t14-,17-/m1/s1. The number of hydrogen-bond acceptors (Lipinski definition) is 4. The summed E-state index contributed by atoms with van der Waals surface area (Å²) in [5.41, 5.74) is 1.16. The molecule has 25 heavy (non-hydrogen) atoms. The number of hydrogen-bond donors (Lipinski definition) is 2. The van der Waals surface area contributed by atoms with E-state index in [9.17, 15) is 9.59 Å². The van der Waals surface area contributed by atoms with Crippen LogP contribution in [0.25, 0.3) is 6.08 Å². The molecule has 1 aliphatic rings. The average Bonchev–Trinajstić information content (AvgIpc) is 2.64.